The molecular formula is C29H34N3O6+. The highest BCUT2D eigenvalue weighted by Gasteiger charge is 2.17. The minimum Gasteiger partial charge on any atom is -0.466 e. The number of quaternary nitrogens is 1. The summed E-state index contributed by atoms with van der Waals surface area (Å²) in [5, 5.41) is 15.3. The molecule has 0 aliphatic carbocycles. The van der Waals surface area contributed by atoms with Gasteiger partial charge in [-0.15, -0.1) is 0 Å². The Labute approximate surface area is 222 Å². The SMILES string of the molecule is COC(=O)C=CC(=O)N(O)CCC[N+](C)(C)Cc1ccc(COC(=O)Nc2cccc3ccccc23)cc1. The molecule has 0 atom stereocenters. The third-order valence-corrected chi connectivity index (χ3v) is 5.98. The molecule has 0 spiro atoms. The summed E-state index contributed by atoms with van der Waals surface area (Å²) in [5.41, 5.74) is 2.69. The van der Waals surface area contributed by atoms with E-state index in [1.807, 2.05) is 66.7 Å². The van der Waals surface area contributed by atoms with E-state index in [0.717, 1.165) is 40.6 Å². The number of ether oxygens (including phenoxy) is 2. The minimum absolute atomic E-state index is 0.142. The third-order valence-electron chi connectivity index (χ3n) is 5.98. The zero-order valence-electron chi connectivity index (χ0n) is 21.9. The van der Waals surface area contributed by atoms with E-state index >= 15 is 0 Å². The van der Waals surface area contributed by atoms with Gasteiger partial charge in [0.05, 0.1) is 40.0 Å². The average Bonchev–Trinajstić information content (AvgIpc) is 2.91. The van der Waals surface area contributed by atoms with Crippen LogP contribution in [0.3, 0.4) is 0 Å². The number of hydroxylamine groups is 2. The highest BCUT2D eigenvalue weighted by molar-refractivity contribution is 6.00. The van der Waals surface area contributed by atoms with E-state index in [1.165, 1.54) is 7.11 Å². The van der Waals surface area contributed by atoms with E-state index < -0.39 is 18.0 Å². The van der Waals surface area contributed by atoms with Gasteiger partial charge in [-0.05, 0) is 17.0 Å². The average molecular weight is 521 g/mol. The van der Waals surface area contributed by atoms with Gasteiger partial charge in [0.15, 0.2) is 0 Å². The molecule has 9 heteroatoms. The van der Waals surface area contributed by atoms with Gasteiger partial charge in [-0.1, -0.05) is 60.7 Å². The summed E-state index contributed by atoms with van der Waals surface area (Å²) in [4.78, 5) is 35.2. The van der Waals surface area contributed by atoms with Crippen LogP contribution in [0, 0.1) is 0 Å². The van der Waals surface area contributed by atoms with Gasteiger partial charge in [0.1, 0.15) is 13.2 Å². The van der Waals surface area contributed by atoms with E-state index in [4.69, 9.17) is 4.74 Å². The number of hydrogen-bond acceptors (Lipinski definition) is 6. The lowest BCUT2D eigenvalue weighted by Crippen LogP contribution is -2.41. The number of esters is 1. The maximum absolute atomic E-state index is 12.4. The molecule has 38 heavy (non-hydrogen) atoms. The summed E-state index contributed by atoms with van der Waals surface area (Å²) in [7, 11) is 5.34. The van der Waals surface area contributed by atoms with Crippen LogP contribution in [0.2, 0.25) is 0 Å². The van der Waals surface area contributed by atoms with Gasteiger partial charge in [-0.3, -0.25) is 15.3 Å². The first-order valence-electron chi connectivity index (χ1n) is 12.2. The smallest absolute Gasteiger partial charge is 0.411 e. The van der Waals surface area contributed by atoms with Crippen LogP contribution in [0.1, 0.15) is 17.5 Å². The van der Waals surface area contributed by atoms with E-state index in [-0.39, 0.29) is 13.2 Å². The Bertz CT molecular complexity index is 1280. The summed E-state index contributed by atoms with van der Waals surface area (Å²) in [6.07, 6.45) is 2.00. The lowest BCUT2D eigenvalue weighted by atomic mass is 10.1. The van der Waals surface area contributed by atoms with Crippen LogP contribution in [-0.4, -0.2) is 67.0 Å². The van der Waals surface area contributed by atoms with Crippen LogP contribution >= 0.6 is 0 Å². The second-order valence-electron chi connectivity index (χ2n) is 9.53. The van der Waals surface area contributed by atoms with Crippen molar-refractivity contribution in [3.8, 4) is 0 Å². The summed E-state index contributed by atoms with van der Waals surface area (Å²) in [6.45, 7) is 1.75. The molecule has 0 saturated heterocycles. The van der Waals surface area contributed by atoms with Crippen LogP contribution in [0.15, 0.2) is 78.9 Å². The van der Waals surface area contributed by atoms with Crippen molar-refractivity contribution < 1.29 is 33.5 Å². The maximum atomic E-state index is 12.4. The number of anilines is 1. The number of benzene rings is 3. The summed E-state index contributed by atoms with van der Waals surface area (Å²) in [6, 6.07) is 21.4. The lowest BCUT2D eigenvalue weighted by Gasteiger charge is -2.30. The highest BCUT2D eigenvalue weighted by Crippen LogP contribution is 2.23. The van der Waals surface area contributed by atoms with Crippen molar-refractivity contribution in [3.05, 3.63) is 90.0 Å². The molecule has 0 aromatic heterocycles. The molecule has 0 aliphatic heterocycles. The fraction of sp³-hybridized carbons (Fsp3) is 0.276. The van der Waals surface area contributed by atoms with Gasteiger partial charge in [0.25, 0.3) is 5.91 Å². The van der Waals surface area contributed by atoms with Gasteiger partial charge in [0, 0.05) is 29.5 Å². The topological polar surface area (TPSA) is 105 Å². The zero-order valence-corrected chi connectivity index (χ0v) is 21.9. The summed E-state index contributed by atoms with van der Waals surface area (Å²) >= 11 is 0. The van der Waals surface area contributed by atoms with Gasteiger partial charge >= 0.3 is 12.1 Å². The van der Waals surface area contributed by atoms with Crippen LogP contribution in [0.5, 0.6) is 0 Å². The van der Waals surface area contributed by atoms with E-state index in [9.17, 15) is 19.6 Å². The van der Waals surface area contributed by atoms with Crippen molar-refractivity contribution in [2.75, 3.05) is 39.6 Å². The molecule has 0 fully saturated rings. The molecule has 3 aromatic rings. The van der Waals surface area contributed by atoms with E-state index in [1.54, 1.807) is 0 Å². The summed E-state index contributed by atoms with van der Waals surface area (Å²) < 4.78 is 10.5. The number of nitrogens with one attached hydrogen (secondary N) is 1. The predicted molar refractivity (Wildman–Crippen MR) is 144 cm³/mol. The van der Waals surface area contributed by atoms with Crippen LogP contribution in [-0.2, 0) is 32.2 Å². The standard InChI is InChI=1S/C29H33N3O6/c1-32(2,19-7-18-31(36)27(33)16-17-28(34)37-3)20-22-12-14-23(15-13-22)21-38-29(35)30-26-11-6-9-24-8-4-5-10-25(24)26/h4-6,8-17,36H,7,18-21H2,1-3H3/p+1. The molecule has 200 valence electrons. The Balaban J connectivity index is 1.43. The fourth-order valence-electron chi connectivity index (χ4n) is 4.00. The van der Waals surface area contributed by atoms with E-state index in [0.29, 0.717) is 28.2 Å². The van der Waals surface area contributed by atoms with Crippen molar-refractivity contribution >= 4 is 34.4 Å². The number of nitrogens with zero attached hydrogens (tertiary/aromatic N) is 2. The number of carbonyl (C=O) groups excluding carboxylic acids is 3. The van der Waals surface area contributed by atoms with Crippen LogP contribution in [0.25, 0.3) is 10.8 Å². The van der Waals surface area contributed by atoms with Crippen molar-refractivity contribution in [1.29, 1.82) is 0 Å². The predicted octanol–water partition coefficient (Wildman–Crippen LogP) is 4.50. The number of rotatable bonds is 11. The molecule has 0 heterocycles. The number of amides is 2. The number of fused-ring (bicyclic) bond motifs is 1. The first-order chi connectivity index (χ1) is 18.2. The van der Waals surface area contributed by atoms with Crippen LogP contribution < -0.4 is 5.32 Å². The normalized spacial score (nSPS) is 11.4. The third kappa shape index (κ3) is 8.72. The summed E-state index contributed by atoms with van der Waals surface area (Å²) in [5.74, 6) is -1.34. The van der Waals surface area contributed by atoms with Crippen LogP contribution in [0.4, 0.5) is 10.5 Å². The van der Waals surface area contributed by atoms with Crippen molar-refractivity contribution in [2.24, 2.45) is 0 Å². The molecule has 0 bridgehead atoms. The Hall–Kier alpha value is -4.21. The molecule has 0 aliphatic rings. The molecule has 3 aromatic carbocycles. The Morgan fingerprint density at radius 3 is 2.37 bits per heavy atom. The monoisotopic (exact) mass is 520 g/mol. The number of methoxy groups -OCH3 is 1. The Morgan fingerprint density at radius 2 is 1.63 bits per heavy atom. The first-order valence-corrected chi connectivity index (χ1v) is 12.2. The van der Waals surface area contributed by atoms with Crippen molar-refractivity contribution in [1.82, 2.24) is 5.06 Å². The zero-order chi connectivity index (χ0) is 27.5. The molecule has 2 N–H and O–H groups in total. The molecule has 2 amide bonds. The molecule has 0 unspecified atom stereocenters. The molecule has 0 radical (unpaired) electrons. The van der Waals surface area contributed by atoms with Gasteiger partial charge in [0.2, 0.25) is 0 Å². The highest BCUT2D eigenvalue weighted by atomic mass is 16.5. The fourth-order valence-corrected chi connectivity index (χ4v) is 4.00. The Morgan fingerprint density at radius 1 is 0.947 bits per heavy atom. The van der Waals surface area contributed by atoms with Gasteiger partial charge in [-0.2, -0.15) is 0 Å². The largest absolute Gasteiger partial charge is 0.466 e. The minimum atomic E-state index is -0.677. The van der Waals surface area contributed by atoms with Gasteiger partial charge < -0.3 is 14.0 Å². The second kappa shape index (κ2) is 13.4. The number of hydrogen-bond donors (Lipinski definition) is 2. The molecular weight excluding hydrogens is 486 g/mol. The lowest BCUT2D eigenvalue weighted by molar-refractivity contribution is -0.903. The molecule has 0 saturated carbocycles. The molecule has 9 nitrogen and oxygen atoms in total. The quantitative estimate of drug-likeness (QED) is 0.127. The Kier molecular flexibility index (Phi) is 9.98. The van der Waals surface area contributed by atoms with Crippen molar-refractivity contribution in [2.45, 2.75) is 19.6 Å². The second-order valence-corrected chi connectivity index (χ2v) is 9.53. The van der Waals surface area contributed by atoms with Crippen molar-refractivity contribution in [3.63, 3.8) is 0 Å². The number of carbonyl (C=O) groups is 3. The maximum Gasteiger partial charge on any atom is 0.411 e. The molecule has 3 rings (SSSR count). The van der Waals surface area contributed by atoms with E-state index in [2.05, 4.69) is 24.1 Å². The van der Waals surface area contributed by atoms with Gasteiger partial charge in [-0.25, -0.2) is 14.7 Å². The first kappa shape index (κ1) is 28.4.